The lowest BCUT2D eigenvalue weighted by molar-refractivity contribution is -0.192. The molecule has 6 nitrogen and oxygen atoms in total. The van der Waals surface area contributed by atoms with Crippen LogP contribution in [-0.4, -0.2) is 41.4 Å². The van der Waals surface area contributed by atoms with Crippen LogP contribution in [0.3, 0.4) is 0 Å². The van der Waals surface area contributed by atoms with E-state index < -0.39 is 12.1 Å². The highest BCUT2D eigenvalue weighted by atomic mass is 19.4. The van der Waals surface area contributed by atoms with Crippen LogP contribution in [0.15, 0.2) is 24.3 Å². The highest BCUT2D eigenvalue weighted by molar-refractivity contribution is 5.95. The molecule has 0 fully saturated rings. The lowest BCUT2D eigenvalue weighted by Crippen LogP contribution is -2.31. The van der Waals surface area contributed by atoms with Crippen molar-refractivity contribution in [2.75, 3.05) is 13.6 Å². The number of aliphatic carboxylic acids is 1. The third kappa shape index (κ3) is 3.51. The Kier molecular flexibility index (Phi) is 5.13. The molecule has 3 N–H and O–H groups in total. The molecule has 0 aliphatic carbocycles. The summed E-state index contributed by atoms with van der Waals surface area (Å²) < 4.78 is 33.5. The van der Waals surface area contributed by atoms with Crippen LogP contribution >= 0.6 is 0 Å². The number of benzene rings is 1. The molecule has 130 valence electrons. The molecule has 2 heterocycles. The van der Waals surface area contributed by atoms with E-state index in [1.54, 1.807) is 11.6 Å². The Morgan fingerprint density at radius 3 is 2.50 bits per heavy atom. The minimum Gasteiger partial charge on any atom is -0.475 e. The van der Waals surface area contributed by atoms with E-state index >= 15 is 0 Å². The third-order valence-corrected chi connectivity index (χ3v) is 3.59. The number of hydrogen-bond donors (Lipinski definition) is 3. The van der Waals surface area contributed by atoms with Crippen LogP contribution in [0.1, 0.15) is 11.3 Å². The summed E-state index contributed by atoms with van der Waals surface area (Å²) in [5.41, 5.74) is 3.40. The first kappa shape index (κ1) is 17.8. The van der Waals surface area contributed by atoms with Crippen molar-refractivity contribution in [3.8, 4) is 0 Å². The number of para-hydroxylation sites is 1. The third-order valence-electron chi connectivity index (χ3n) is 3.59. The molecule has 1 amide bonds. The summed E-state index contributed by atoms with van der Waals surface area (Å²) >= 11 is 0. The maximum absolute atomic E-state index is 12.0. The van der Waals surface area contributed by atoms with Crippen LogP contribution in [-0.2, 0) is 17.8 Å². The van der Waals surface area contributed by atoms with Gasteiger partial charge >= 0.3 is 18.2 Å². The number of nitrogens with one attached hydrogen (secondary N) is 2. The van der Waals surface area contributed by atoms with Gasteiger partial charge in [-0.25, -0.2) is 9.59 Å². The molecule has 9 heteroatoms. The van der Waals surface area contributed by atoms with Crippen molar-refractivity contribution in [3.63, 3.8) is 0 Å². The molecule has 0 unspecified atom stereocenters. The number of rotatable bonds is 0. The number of carbonyl (C=O) groups excluding carboxylic acids is 1. The summed E-state index contributed by atoms with van der Waals surface area (Å²) in [4.78, 5) is 20.9. The zero-order valence-corrected chi connectivity index (χ0v) is 12.8. The summed E-state index contributed by atoms with van der Waals surface area (Å²) in [6.45, 7) is 1.74. The maximum Gasteiger partial charge on any atom is 0.490 e. The minimum atomic E-state index is -5.08. The van der Waals surface area contributed by atoms with Crippen molar-refractivity contribution in [1.82, 2.24) is 15.2 Å². The van der Waals surface area contributed by atoms with Gasteiger partial charge in [-0.15, -0.1) is 0 Å². The normalized spacial score (nSPS) is 13.7. The van der Waals surface area contributed by atoms with Crippen LogP contribution in [0.25, 0.3) is 10.9 Å². The van der Waals surface area contributed by atoms with Gasteiger partial charge in [0.1, 0.15) is 0 Å². The van der Waals surface area contributed by atoms with Crippen molar-refractivity contribution < 1.29 is 27.9 Å². The van der Waals surface area contributed by atoms with Crippen molar-refractivity contribution in [2.45, 2.75) is 19.1 Å². The van der Waals surface area contributed by atoms with E-state index in [9.17, 15) is 18.0 Å². The Bertz CT molecular complexity index is 768. The van der Waals surface area contributed by atoms with Crippen LogP contribution in [0, 0.1) is 0 Å². The molecule has 0 radical (unpaired) electrons. The van der Waals surface area contributed by atoms with Gasteiger partial charge in [-0.2, -0.15) is 13.2 Å². The van der Waals surface area contributed by atoms with E-state index in [1.165, 1.54) is 10.9 Å². The summed E-state index contributed by atoms with van der Waals surface area (Å²) in [7, 11) is 1.67. The maximum atomic E-state index is 12.0. The first-order chi connectivity index (χ1) is 11.3. The average molecular weight is 343 g/mol. The lowest BCUT2D eigenvalue weighted by Gasteiger charge is -2.15. The monoisotopic (exact) mass is 343 g/mol. The second kappa shape index (κ2) is 6.91. The number of alkyl halides is 3. The largest absolute Gasteiger partial charge is 0.490 e. The minimum absolute atomic E-state index is 0.0638. The molecule has 24 heavy (non-hydrogen) atoms. The quantitative estimate of drug-likeness (QED) is 0.684. The Labute approximate surface area is 135 Å². The topological polar surface area (TPSA) is 83.4 Å². The average Bonchev–Trinajstić information content (AvgIpc) is 2.88. The van der Waals surface area contributed by atoms with Gasteiger partial charge in [0.25, 0.3) is 0 Å². The molecule has 3 rings (SSSR count). The number of carboxylic acid groups (broad SMARTS) is 1. The number of halogens is 3. The van der Waals surface area contributed by atoms with Gasteiger partial charge in [-0.1, -0.05) is 18.2 Å². The Morgan fingerprint density at radius 1 is 1.29 bits per heavy atom. The molecular weight excluding hydrogens is 327 g/mol. The number of amides is 1. The zero-order chi connectivity index (χ0) is 17.9. The van der Waals surface area contributed by atoms with Crippen LogP contribution in [0.2, 0.25) is 0 Å². The van der Waals surface area contributed by atoms with Gasteiger partial charge in [0.05, 0.1) is 5.52 Å². The molecule has 1 aromatic heterocycles. The van der Waals surface area contributed by atoms with Crippen LogP contribution < -0.4 is 10.6 Å². The summed E-state index contributed by atoms with van der Waals surface area (Å²) in [6.07, 6.45) is -4.10. The molecule has 0 spiro atoms. The van der Waals surface area contributed by atoms with E-state index in [1.807, 2.05) is 18.2 Å². The molecule has 0 saturated heterocycles. The highest BCUT2D eigenvalue weighted by Crippen LogP contribution is 2.28. The molecule has 0 saturated carbocycles. The molecular formula is C15H16F3N3O3. The Balaban J connectivity index is 0.000000256. The predicted octanol–water partition coefficient (Wildman–Crippen LogP) is 2.11. The fraction of sp³-hybridized carbons (Fsp3) is 0.333. The molecule has 0 atom stereocenters. The number of carbonyl (C=O) groups is 2. The molecule has 2 aromatic rings. The molecule has 1 aliphatic heterocycles. The van der Waals surface area contributed by atoms with Crippen molar-refractivity contribution in [3.05, 3.63) is 35.5 Å². The predicted molar refractivity (Wildman–Crippen MR) is 80.9 cm³/mol. The number of hydrogen-bond acceptors (Lipinski definition) is 3. The first-order valence-electron chi connectivity index (χ1n) is 7.11. The van der Waals surface area contributed by atoms with Crippen LogP contribution in [0.5, 0.6) is 0 Å². The smallest absolute Gasteiger partial charge is 0.475 e. The van der Waals surface area contributed by atoms with Gasteiger partial charge in [0.2, 0.25) is 0 Å². The molecule has 1 aromatic carbocycles. The SMILES string of the molecule is CNC(=O)n1c2c(c3ccccc31)CCNC2.O=C(O)C(F)(F)F. The van der Waals surface area contributed by atoms with Crippen LogP contribution in [0.4, 0.5) is 18.0 Å². The fourth-order valence-corrected chi connectivity index (χ4v) is 2.59. The van der Waals surface area contributed by atoms with Gasteiger partial charge < -0.3 is 15.7 Å². The standard InChI is InChI=1S/C13H15N3O.C2HF3O2/c1-14-13(17)16-11-5-3-2-4-9(11)10-6-7-15-8-12(10)16;3-2(4,5)1(6)7/h2-5,15H,6-8H2,1H3,(H,14,17);(H,6,7). The second-order valence-electron chi connectivity index (χ2n) is 5.06. The Hall–Kier alpha value is -2.55. The highest BCUT2D eigenvalue weighted by Gasteiger charge is 2.38. The summed E-state index contributed by atoms with van der Waals surface area (Å²) in [6, 6.07) is 8.03. The first-order valence-corrected chi connectivity index (χ1v) is 7.11. The summed E-state index contributed by atoms with van der Waals surface area (Å²) in [5, 5.41) is 14.4. The second-order valence-corrected chi connectivity index (χ2v) is 5.06. The van der Waals surface area contributed by atoms with Crippen molar-refractivity contribution >= 4 is 22.9 Å². The van der Waals surface area contributed by atoms with E-state index in [-0.39, 0.29) is 6.03 Å². The van der Waals surface area contributed by atoms with Crippen molar-refractivity contribution in [1.29, 1.82) is 0 Å². The lowest BCUT2D eigenvalue weighted by atomic mass is 10.1. The fourth-order valence-electron chi connectivity index (χ4n) is 2.59. The summed E-state index contributed by atoms with van der Waals surface area (Å²) in [5.74, 6) is -2.76. The van der Waals surface area contributed by atoms with Gasteiger partial charge in [0.15, 0.2) is 0 Å². The van der Waals surface area contributed by atoms with E-state index in [2.05, 4.69) is 16.7 Å². The number of nitrogens with zero attached hydrogens (tertiary/aromatic N) is 1. The van der Waals surface area contributed by atoms with E-state index in [0.717, 1.165) is 30.7 Å². The van der Waals surface area contributed by atoms with Gasteiger partial charge in [-0.05, 0) is 24.6 Å². The number of carboxylic acids is 1. The van der Waals surface area contributed by atoms with Gasteiger partial charge in [0, 0.05) is 24.7 Å². The van der Waals surface area contributed by atoms with Crippen molar-refractivity contribution in [2.24, 2.45) is 0 Å². The number of fused-ring (bicyclic) bond motifs is 3. The van der Waals surface area contributed by atoms with Gasteiger partial charge in [-0.3, -0.25) is 4.57 Å². The number of aromatic nitrogens is 1. The van der Waals surface area contributed by atoms with E-state index in [0.29, 0.717) is 0 Å². The van der Waals surface area contributed by atoms with E-state index in [4.69, 9.17) is 9.90 Å². The zero-order valence-electron chi connectivity index (χ0n) is 12.8. The molecule has 0 bridgehead atoms. The molecule has 1 aliphatic rings. The Morgan fingerprint density at radius 2 is 1.92 bits per heavy atom.